The minimum absolute atomic E-state index is 0.0851. The zero-order valence-electron chi connectivity index (χ0n) is 14.9. The Morgan fingerprint density at radius 3 is 2.58 bits per heavy atom. The number of aliphatic imine (C=N–C) groups is 1. The first-order valence-electron chi connectivity index (χ1n) is 8.73. The number of benzene rings is 1. The van der Waals surface area contributed by atoms with Crippen LogP contribution in [0.2, 0.25) is 0 Å². The molecule has 140 valence electrons. The molecule has 0 unspecified atom stereocenters. The molecule has 2 rings (SSSR count). The van der Waals surface area contributed by atoms with E-state index in [1.165, 1.54) is 17.0 Å². The quantitative estimate of drug-likeness (QED) is 0.358. The van der Waals surface area contributed by atoms with Gasteiger partial charge in [-0.2, -0.15) is 0 Å². The van der Waals surface area contributed by atoms with Gasteiger partial charge in [-0.05, 0) is 36.1 Å². The summed E-state index contributed by atoms with van der Waals surface area (Å²) >= 11 is 1.74. The van der Waals surface area contributed by atoms with Crippen LogP contribution >= 0.6 is 11.3 Å². The molecule has 1 aromatic heterocycles. The van der Waals surface area contributed by atoms with Crippen molar-refractivity contribution in [2.45, 2.75) is 19.8 Å². The van der Waals surface area contributed by atoms with Crippen molar-refractivity contribution < 1.29 is 9.18 Å². The van der Waals surface area contributed by atoms with Crippen LogP contribution in [0.25, 0.3) is 0 Å². The Morgan fingerprint density at radius 1 is 1.12 bits per heavy atom. The highest BCUT2D eigenvalue weighted by atomic mass is 32.1. The molecule has 0 spiro atoms. The van der Waals surface area contributed by atoms with Gasteiger partial charge in [0.05, 0.1) is 6.42 Å². The van der Waals surface area contributed by atoms with Crippen molar-refractivity contribution in [3.8, 4) is 0 Å². The van der Waals surface area contributed by atoms with Crippen molar-refractivity contribution in [2.75, 3.05) is 26.2 Å². The number of carbonyl (C=O) groups is 1. The monoisotopic (exact) mass is 376 g/mol. The second-order valence-electron chi connectivity index (χ2n) is 5.67. The Labute approximate surface area is 157 Å². The summed E-state index contributed by atoms with van der Waals surface area (Å²) < 4.78 is 12.9. The van der Waals surface area contributed by atoms with E-state index in [0.717, 1.165) is 24.5 Å². The van der Waals surface area contributed by atoms with Crippen molar-refractivity contribution in [3.63, 3.8) is 0 Å². The van der Waals surface area contributed by atoms with E-state index >= 15 is 0 Å². The lowest BCUT2D eigenvalue weighted by molar-refractivity contribution is -0.120. The third-order valence-corrected chi connectivity index (χ3v) is 4.51. The molecule has 0 aliphatic heterocycles. The van der Waals surface area contributed by atoms with E-state index < -0.39 is 0 Å². The van der Waals surface area contributed by atoms with Crippen molar-refractivity contribution in [1.29, 1.82) is 0 Å². The van der Waals surface area contributed by atoms with Crippen LogP contribution in [0, 0.1) is 5.82 Å². The van der Waals surface area contributed by atoms with Gasteiger partial charge in [0, 0.05) is 37.5 Å². The first-order chi connectivity index (χ1) is 12.7. The summed E-state index contributed by atoms with van der Waals surface area (Å²) in [4.78, 5) is 17.7. The fraction of sp³-hybridized carbons (Fsp3) is 0.368. The minimum atomic E-state index is -0.298. The molecule has 0 saturated carbocycles. The Hall–Kier alpha value is -2.41. The molecule has 7 heteroatoms. The molecule has 0 saturated heterocycles. The molecule has 0 fully saturated rings. The highest BCUT2D eigenvalue weighted by molar-refractivity contribution is 7.09. The Kier molecular flexibility index (Phi) is 8.62. The number of thiophene rings is 1. The van der Waals surface area contributed by atoms with Crippen molar-refractivity contribution in [3.05, 3.63) is 58.0 Å². The van der Waals surface area contributed by atoms with Crippen LogP contribution in [0.1, 0.15) is 17.4 Å². The normalized spacial score (nSPS) is 11.2. The van der Waals surface area contributed by atoms with E-state index in [0.29, 0.717) is 19.6 Å². The zero-order valence-corrected chi connectivity index (χ0v) is 15.7. The first kappa shape index (κ1) is 19.9. The fourth-order valence-corrected chi connectivity index (χ4v) is 3.01. The number of hydrogen-bond acceptors (Lipinski definition) is 3. The van der Waals surface area contributed by atoms with E-state index in [-0.39, 0.29) is 18.1 Å². The van der Waals surface area contributed by atoms with Crippen LogP contribution in [0.4, 0.5) is 4.39 Å². The van der Waals surface area contributed by atoms with Gasteiger partial charge >= 0.3 is 0 Å². The standard InChI is InChI=1S/C19H25FN4OS/c1-2-21-19(23-10-9-17-4-3-13-26-17)24-12-11-22-18(25)14-15-5-7-16(20)8-6-15/h3-8,13H,2,9-12,14H2,1H3,(H,22,25)(H2,21,23,24). The van der Waals surface area contributed by atoms with Gasteiger partial charge in [-0.1, -0.05) is 18.2 Å². The minimum Gasteiger partial charge on any atom is -0.357 e. The van der Waals surface area contributed by atoms with Crippen LogP contribution < -0.4 is 16.0 Å². The van der Waals surface area contributed by atoms with Gasteiger partial charge in [0.25, 0.3) is 0 Å². The van der Waals surface area contributed by atoms with Crippen LogP contribution in [-0.4, -0.2) is 38.0 Å². The Bertz CT molecular complexity index is 686. The maximum Gasteiger partial charge on any atom is 0.224 e. The topological polar surface area (TPSA) is 65.5 Å². The van der Waals surface area contributed by atoms with E-state index in [1.54, 1.807) is 23.5 Å². The summed E-state index contributed by atoms with van der Waals surface area (Å²) in [7, 11) is 0. The van der Waals surface area contributed by atoms with Gasteiger partial charge in [0.1, 0.15) is 5.82 Å². The number of rotatable bonds is 9. The number of hydrogen-bond donors (Lipinski definition) is 3. The molecule has 26 heavy (non-hydrogen) atoms. The molecule has 1 aromatic carbocycles. The molecular weight excluding hydrogens is 351 g/mol. The fourth-order valence-electron chi connectivity index (χ4n) is 2.31. The second-order valence-corrected chi connectivity index (χ2v) is 6.70. The summed E-state index contributed by atoms with van der Waals surface area (Å²) in [6.07, 6.45) is 1.16. The molecule has 1 amide bonds. The molecular formula is C19H25FN4OS. The van der Waals surface area contributed by atoms with Crippen molar-refractivity contribution in [1.82, 2.24) is 16.0 Å². The summed E-state index contributed by atoms with van der Waals surface area (Å²) in [6.45, 7) is 4.59. The summed E-state index contributed by atoms with van der Waals surface area (Å²) in [5, 5.41) is 11.3. The average molecular weight is 377 g/mol. The molecule has 5 nitrogen and oxygen atoms in total. The lowest BCUT2D eigenvalue weighted by Gasteiger charge is -2.12. The summed E-state index contributed by atoms with van der Waals surface area (Å²) in [5.74, 6) is 0.363. The van der Waals surface area contributed by atoms with E-state index in [1.807, 2.05) is 13.0 Å². The molecule has 0 aliphatic rings. The average Bonchev–Trinajstić information content (AvgIpc) is 3.14. The van der Waals surface area contributed by atoms with Gasteiger partial charge in [-0.25, -0.2) is 4.39 Å². The molecule has 0 atom stereocenters. The summed E-state index contributed by atoms with van der Waals surface area (Å²) in [5.41, 5.74) is 0.792. The van der Waals surface area contributed by atoms with Gasteiger partial charge in [-0.3, -0.25) is 9.79 Å². The largest absolute Gasteiger partial charge is 0.357 e. The Balaban J connectivity index is 1.66. The maximum atomic E-state index is 12.9. The second kappa shape index (κ2) is 11.3. The van der Waals surface area contributed by atoms with Crippen LogP contribution in [0.5, 0.6) is 0 Å². The smallest absolute Gasteiger partial charge is 0.224 e. The van der Waals surface area contributed by atoms with Gasteiger partial charge in [0.2, 0.25) is 5.91 Å². The summed E-state index contributed by atoms with van der Waals surface area (Å²) in [6, 6.07) is 10.1. The highest BCUT2D eigenvalue weighted by Crippen LogP contribution is 2.08. The number of guanidine groups is 1. The van der Waals surface area contributed by atoms with Crippen LogP contribution in [-0.2, 0) is 17.6 Å². The number of halogens is 1. The number of amides is 1. The van der Waals surface area contributed by atoms with Crippen molar-refractivity contribution in [2.24, 2.45) is 4.99 Å². The SMILES string of the molecule is CCNC(=NCCc1cccs1)NCCNC(=O)Cc1ccc(F)cc1. The van der Waals surface area contributed by atoms with Gasteiger partial charge in [0.15, 0.2) is 5.96 Å². The lowest BCUT2D eigenvalue weighted by Crippen LogP contribution is -2.41. The van der Waals surface area contributed by atoms with Gasteiger partial charge in [-0.15, -0.1) is 11.3 Å². The predicted molar refractivity (Wildman–Crippen MR) is 105 cm³/mol. The van der Waals surface area contributed by atoms with E-state index in [2.05, 4.69) is 32.4 Å². The third-order valence-electron chi connectivity index (χ3n) is 3.57. The first-order valence-corrected chi connectivity index (χ1v) is 9.61. The van der Waals surface area contributed by atoms with Gasteiger partial charge < -0.3 is 16.0 Å². The highest BCUT2D eigenvalue weighted by Gasteiger charge is 2.03. The molecule has 2 aromatic rings. The maximum absolute atomic E-state index is 12.9. The van der Waals surface area contributed by atoms with Crippen LogP contribution in [0.3, 0.4) is 0 Å². The Morgan fingerprint density at radius 2 is 1.88 bits per heavy atom. The van der Waals surface area contributed by atoms with E-state index in [9.17, 15) is 9.18 Å². The number of nitrogens with zero attached hydrogens (tertiary/aromatic N) is 1. The molecule has 3 N–H and O–H groups in total. The predicted octanol–water partition coefficient (Wildman–Crippen LogP) is 2.34. The lowest BCUT2D eigenvalue weighted by atomic mass is 10.1. The molecule has 0 bridgehead atoms. The number of nitrogens with one attached hydrogen (secondary N) is 3. The third kappa shape index (κ3) is 7.65. The molecule has 0 aliphatic carbocycles. The van der Waals surface area contributed by atoms with E-state index in [4.69, 9.17) is 0 Å². The molecule has 0 radical (unpaired) electrons. The van der Waals surface area contributed by atoms with Crippen molar-refractivity contribution >= 4 is 23.2 Å². The zero-order chi connectivity index (χ0) is 18.6. The number of carbonyl (C=O) groups excluding carboxylic acids is 1. The van der Waals surface area contributed by atoms with Crippen LogP contribution in [0.15, 0.2) is 46.8 Å². The molecule has 1 heterocycles.